The zero-order chi connectivity index (χ0) is 14.9. The molecule has 0 atom stereocenters. The van der Waals surface area contributed by atoms with E-state index in [-0.39, 0.29) is 18.1 Å². The maximum atomic E-state index is 11.8. The minimum absolute atomic E-state index is 0.126. The molecule has 6 heteroatoms. The van der Waals surface area contributed by atoms with Crippen LogP contribution in [0.2, 0.25) is 5.02 Å². The highest BCUT2D eigenvalue weighted by Crippen LogP contribution is 2.25. The van der Waals surface area contributed by atoms with E-state index in [0.717, 1.165) is 11.3 Å². The van der Waals surface area contributed by atoms with Gasteiger partial charge in [0.2, 0.25) is 0 Å². The maximum absolute atomic E-state index is 11.8. The lowest BCUT2D eigenvalue weighted by Crippen LogP contribution is -2.09. The number of halogens is 1. The summed E-state index contributed by atoms with van der Waals surface area (Å²) in [7, 11) is 0. The number of imidazole rings is 1. The van der Waals surface area contributed by atoms with Crippen LogP contribution in [0.25, 0.3) is 5.69 Å². The van der Waals surface area contributed by atoms with E-state index in [1.807, 2.05) is 19.1 Å². The molecule has 20 heavy (non-hydrogen) atoms. The molecule has 0 spiro atoms. The van der Waals surface area contributed by atoms with Gasteiger partial charge < -0.3 is 10.5 Å². The van der Waals surface area contributed by atoms with Crippen LogP contribution in [0.4, 0.5) is 5.82 Å². The van der Waals surface area contributed by atoms with Crippen LogP contribution in [0.1, 0.15) is 28.8 Å². The summed E-state index contributed by atoms with van der Waals surface area (Å²) in [6, 6.07) is 5.55. The predicted octanol–water partition coefficient (Wildman–Crippen LogP) is 2.90. The van der Waals surface area contributed by atoms with Crippen molar-refractivity contribution in [1.82, 2.24) is 9.55 Å². The third-order valence-electron chi connectivity index (χ3n) is 2.96. The van der Waals surface area contributed by atoms with Crippen molar-refractivity contribution in [3.63, 3.8) is 0 Å². The second-order valence-electron chi connectivity index (χ2n) is 4.38. The molecule has 1 aromatic heterocycles. The SMILES string of the molecule is CCOC(=O)c1nc(C)n(-c2ccc(C)c(Cl)c2)c1N. The standard InChI is InChI=1S/C14H16ClN3O2/c1-4-20-14(19)12-13(16)18(9(3)17-12)10-6-5-8(2)11(15)7-10/h5-7H,4,16H2,1-3H3. The second kappa shape index (κ2) is 5.54. The minimum atomic E-state index is -0.523. The Morgan fingerprint density at radius 1 is 1.45 bits per heavy atom. The highest BCUT2D eigenvalue weighted by Gasteiger charge is 2.20. The van der Waals surface area contributed by atoms with E-state index < -0.39 is 5.97 Å². The second-order valence-corrected chi connectivity index (χ2v) is 4.79. The molecule has 2 aromatic rings. The predicted molar refractivity (Wildman–Crippen MR) is 78.4 cm³/mol. The van der Waals surface area contributed by atoms with Crippen molar-refractivity contribution in [2.45, 2.75) is 20.8 Å². The molecule has 0 bridgehead atoms. The number of anilines is 1. The summed E-state index contributed by atoms with van der Waals surface area (Å²) in [5.74, 6) is 0.330. The van der Waals surface area contributed by atoms with E-state index in [9.17, 15) is 4.79 Å². The molecule has 1 aromatic carbocycles. The summed E-state index contributed by atoms with van der Waals surface area (Å²) >= 11 is 6.12. The Hall–Kier alpha value is -2.01. The fourth-order valence-electron chi connectivity index (χ4n) is 1.95. The van der Waals surface area contributed by atoms with Crippen molar-refractivity contribution >= 4 is 23.4 Å². The van der Waals surface area contributed by atoms with Gasteiger partial charge in [-0.15, -0.1) is 0 Å². The number of benzene rings is 1. The molecule has 0 unspecified atom stereocenters. The molecule has 0 radical (unpaired) electrons. The van der Waals surface area contributed by atoms with Gasteiger partial charge in [0.25, 0.3) is 0 Å². The Labute approximate surface area is 122 Å². The lowest BCUT2D eigenvalue weighted by atomic mass is 10.2. The van der Waals surface area contributed by atoms with Crippen LogP contribution in [0.3, 0.4) is 0 Å². The number of nitrogen functional groups attached to an aromatic ring is 1. The van der Waals surface area contributed by atoms with Gasteiger partial charge in [-0.05, 0) is 38.5 Å². The number of hydrogen-bond donors (Lipinski definition) is 1. The molecule has 0 fully saturated rings. The fourth-order valence-corrected chi connectivity index (χ4v) is 2.12. The van der Waals surface area contributed by atoms with Crippen molar-refractivity contribution in [2.24, 2.45) is 0 Å². The van der Waals surface area contributed by atoms with Gasteiger partial charge in [0.15, 0.2) is 5.69 Å². The van der Waals surface area contributed by atoms with Crippen LogP contribution in [0.5, 0.6) is 0 Å². The Morgan fingerprint density at radius 3 is 2.75 bits per heavy atom. The molecule has 0 saturated carbocycles. The molecular formula is C14H16ClN3O2. The first kappa shape index (κ1) is 14.4. The molecule has 0 saturated heterocycles. The Balaban J connectivity index is 2.52. The summed E-state index contributed by atoms with van der Waals surface area (Å²) in [6.45, 7) is 5.70. The average molecular weight is 294 g/mol. The van der Waals surface area contributed by atoms with Crippen molar-refractivity contribution in [1.29, 1.82) is 0 Å². The molecule has 0 aliphatic carbocycles. The zero-order valence-corrected chi connectivity index (χ0v) is 12.4. The number of nitrogens with zero attached hydrogens (tertiary/aromatic N) is 2. The van der Waals surface area contributed by atoms with Crippen LogP contribution in [0.15, 0.2) is 18.2 Å². The van der Waals surface area contributed by atoms with Gasteiger partial charge in [-0.3, -0.25) is 4.57 Å². The van der Waals surface area contributed by atoms with E-state index >= 15 is 0 Å². The van der Waals surface area contributed by atoms with E-state index in [4.69, 9.17) is 22.1 Å². The Morgan fingerprint density at radius 2 is 2.15 bits per heavy atom. The Kier molecular flexibility index (Phi) is 3.99. The van der Waals surface area contributed by atoms with Gasteiger partial charge in [-0.25, -0.2) is 9.78 Å². The summed E-state index contributed by atoms with van der Waals surface area (Å²) in [4.78, 5) is 16.0. The van der Waals surface area contributed by atoms with Crippen LogP contribution in [0, 0.1) is 13.8 Å². The van der Waals surface area contributed by atoms with Crippen molar-refractivity contribution in [2.75, 3.05) is 12.3 Å². The first-order valence-corrected chi connectivity index (χ1v) is 6.62. The van der Waals surface area contributed by atoms with Crippen molar-refractivity contribution < 1.29 is 9.53 Å². The monoisotopic (exact) mass is 293 g/mol. The van der Waals surface area contributed by atoms with Crippen molar-refractivity contribution in [3.8, 4) is 5.69 Å². The molecule has 106 valence electrons. The molecule has 0 aliphatic heterocycles. The number of aromatic nitrogens is 2. The van der Waals surface area contributed by atoms with Gasteiger partial charge in [0.05, 0.1) is 12.3 Å². The number of nitrogens with two attached hydrogens (primary N) is 1. The molecule has 0 aliphatic rings. The average Bonchev–Trinajstić information content (AvgIpc) is 2.69. The topological polar surface area (TPSA) is 70.1 Å². The number of ether oxygens (including phenoxy) is 1. The number of esters is 1. The molecule has 0 amide bonds. The Bertz CT molecular complexity index is 665. The first-order chi connectivity index (χ1) is 9.45. The van der Waals surface area contributed by atoms with E-state index in [2.05, 4.69) is 4.98 Å². The number of carbonyl (C=O) groups is 1. The lowest BCUT2D eigenvalue weighted by molar-refractivity contribution is 0.0521. The van der Waals surface area contributed by atoms with Gasteiger partial charge in [0.1, 0.15) is 11.6 Å². The van der Waals surface area contributed by atoms with Crippen LogP contribution in [-0.4, -0.2) is 22.1 Å². The third-order valence-corrected chi connectivity index (χ3v) is 3.37. The van der Waals surface area contributed by atoms with E-state index in [1.54, 1.807) is 24.5 Å². The van der Waals surface area contributed by atoms with E-state index in [1.165, 1.54) is 0 Å². The van der Waals surface area contributed by atoms with Gasteiger partial charge >= 0.3 is 5.97 Å². The first-order valence-electron chi connectivity index (χ1n) is 6.24. The fraction of sp³-hybridized carbons (Fsp3) is 0.286. The molecular weight excluding hydrogens is 278 g/mol. The van der Waals surface area contributed by atoms with Gasteiger partial charge in [-0.2, -0.15) is 0 Å². The summed E-state index contributed by atoms with van der Waals surface area (Å²) in [6.07, 6.45) is 0. The number of rotatable bonds is 3. The maximum Gasteiger partial charge on any atom is 0.360 e. The smallest absolute Gasteiger partial charge is 0.360 e. The summed E-state index contributed by atoms with van der Waals surface area (Å²) in [5, 5.41) is 0.632. The van der Waals surface area contributed by atoms with Crippen LogP contribution < -0.4 is 5.73 Å². The minimum Gasteiger partial charge on any atom is -0.461 e. The number of aryl methyl sites for hydroxylation is 2. The molecule has 5 nitrogen and oxygen atoms in total. The zero-order valence-electron chi connectivity index (χ0n) is 11.6. The molecule has 2 rings (SSSR count). The highest BCUT2D eigenvalue weighted by atomic mass is 35.5. The quantitative estimate of drug-likeness (QED) is 0.883. The number of carbonyl (C=O) groups excluding carboxylic acids is 1. The normalized spacial score (nSPS) is 10.6. The lowest BCUT2D eigenvalue weighted by Gasteiger charge is -2.09. The molecule has 2 N–H and O–H groups in total. The number of hydrogen-bond acceptors (Lipinski definition) is 4. The van der Waals surface area contributed by atoms with Crippen LogP contribution >= 0.6 is 11.6 Å². The largest absolute Gasteiger partial charge is 0.461 e. The summed E-state index contributed by atoms with van der Waals surface area (Å²) < 4.78 is 6.61. The summed E-state index contributed by atoms with van der Waals surface area (Å²) in [5.41, 5.74) is 7.87. The van der Waals surface area contributed by atoms with Crippen molar-refractivity contribution in [3.05, 3.63) is 40.3 Å². The van der Waals surface area contributed by atoms with Gasteiger partial charge in [0, 0.05) is 5.02 Å². The third kappa shape index (κ3) is 2.49. The van der Waals surface area contributed by atoms with E-state index in [0.29, 0.717) is 10.8 Å². The van der Waals surface area contributed by atoms with Gasteiger partial charge in [-0.1, -0.05) is 17.7 Å². The van der Waals surface area contributed by atoms with Crippen LogP contribution in [-0.2, 0) is 4.74 Å². The highest BCUT2D eigenvalue weighted by molar-refractivity contribution is 6.31. The molecule has 1 heterocycles.